The van der Waals surface area contributed by atoms with Gasteiger partial charge in [-0.2, -0.15) is 0 Å². The van der Waals surface area contributed by atoms with E-state index < -0.39 is 0 Å². The van der Waals surface area contributed by atoms with Gasteiger partial charge in [0.05, 0.1) is 5.69 Å². The van der Waals surface area contributed by atoms with Crippen LogP contribution < -0.4 is 5.32 Å². The fourth-order valence-electron chi connectivity index (χ4n) is 4.00. The lowest BCUT2D eigenvalue weighted by molar-refractivity contribution is 0.169. The second kappa shape index (κ2) is 7.91. The summed E-state index contributed by atoms with van der Waals surface area (Å²) in [5.74, 6) is 1.65. The lowest BCUT2D eigenvalue weighted by Gasteiger charge is -2.36. The molecule has 4 rings (SSSR count). The summed E-state index contributed by atoms with van der Waals surface area (Å²) in [6.07, 6.45) is 2.03. The maximum absolute atomic E-state index is 14.2. The zero-order valence-electron chi connectivity index (χ0n) is 16.6. The van der Waals surface area contributed by atoms with E-state index in [9.17, 15) is 4.39 Å². The maximum Gasteiger partial charge on any atom is 0.193 e. The van der Waals surface area contributed by atoms with Gasteiger partial charge in [-0.25, -0.2) is 4.39 Å². The first-order valence-corrected chi connectivity index (χ1v) is 9.95. The molecule has 1 aromatic heterocycles. The molecule has 7 heteroatoms. The molecule has 2 aromatic rings. The molecular formula is C21H28FN5O. The summed E-state index contributed by atoms with van der Waals surface area (Å²) in [4.78, 5) is 9.12. The van der Waals surface area contributed by atoms with Gasteiger partial charge in [-0.3, -0.25) is 9.89 Å². The molecule has 1 aliphatic carbocycles. The number of hydrogen-bond acceptors (Lipinski definition) is 4. The first-order valence-electron chi connectivity index (χ1n) is 9.95. The van der Waals surface area contributed by atoms with Crippen molar-refractivity contribution in [1.29, 1.82) is 0 Å². The minimum Gasteiger partial charge on any atom is -0.361 e. The number of aryl methyl sites for hydroxylation is 1. The molecule has 28 heavy (non-hydrogen) atoms. The molecule has 0 amide bonds. The van der Waals surface area contributed by atoms with Gasteiger partial charge in [-0.15, -0.1) is 0 Å². The van der Waals surface area contributed by atoms with Crippen molar-refractivity contribution in [2.24, 2.45) is 4.99 Å². The standard InChI is InChI=1S/C21H28FN5O/c1-16-13-17(25-28-16)14-26-9-11-27(12-10-26)20(23-2)24-15-21(7-8-21)18-5-3-4-6-19(18)22/h3-6,13H,7-12,14-15H2,1-2H3,(H,23,24). The number of rotatable bonds is 5. The number of nitrogens with one attached hydrogen (secondary N) is 1. The van der Waals surface area contributed by atoms with Crippen LogP contribution in [0.1, 0.15) is 29.9 Å². The van der Waals surface area contributed by atoms with Crippen LogP contribution in [-0.2, 0) is 12.0 Å². The molecule has 0 spiro atoms. The van der Waals surface area contributed by atoms with Crippen molar-refractivity contribution in [3.63, 3.8) is 0 Å². The topological polar surface area (TPSA) is 56.9 Å². The maximum atomic E-state index is 14.2. The van der Waals surface area contributed by atoms with Crippen LogP contribution in [0.3, 0.4) is 0 Å². The third kappa shape index (κ3) is 4.04. The first kappa shape index (κ1) is 18.9. The van der Waals surface area contributed by atoms with Crippen LogP contribution in [0.5, 0.6) is 0 Å². The smallest absolute Gasteiger partial charge is 0.193 e. The molecule has 2 aliphatic rings. The third-order valence-corrected chi connectivity index (χ3v) is 5.83. The second-order valence-electron chi connectivity index (χ2n) is 7.85. The molecule has 0 bridgehead atoms. The molecule has 0 radical (unpaired) electrons. The summed E-state index contributed by atoms with van der Waals surface area (Å²) < 4.78 is 19.4. The molecule has 1 saturated heterocycles. The number of aliphatic imine (C=N–C) groups is 1. The minimum atomic E-state index is -0.103. The second-order valence-corrected chi connectivity index (χ2v) is 7.85. The van der Waals surface area contributed by atoms with E-state index in [4.69, 9.17) is 4.52 Å². The van der Waals surface area contributed by atoms with Gasteiger partial charge < -0.3 is 14.7 Å². The van der Waals surface area contributed by atoms with Crippen molar-refractivity contribution in [3.8, 4) is 0 Å². The van der Waals surface area contributed by atoms with E-state index in [1.807, 2.05) is 32.2 Å². The summed E-state index contributed by atoms with van der Waals surface area (Å²) in [6, 6.07) is 9.13. The fraction of sp³-hybridized carbons (Fsp3) is 0.524. The number of nitrogens with zero attached hydrogens (tertiary/aromatic N) is 4. The van der Waals surface area contributed by atoms with Gasteiger partial charge in [0, 0.05) is 57.8 Å². The van der Waals surface area contributed by atoms with Crippen molar-refractivity contribution in [1.82, 2.24) is 20.3 Å². The predicted molar refractivity (Wildman–Crippen MR) is 107 cm³/mol. The highest BCUT2D eigenvalue weighted by molar-refractivity contribution is 5.80. The van der Waals surface area contributed by atoms with Crippen LogP contribution in [0, 0.1) is 12.7 Å². The number of guanidine groups is 1. The van der Waals surface area contributed by atoms with Crippen LogP contribution in [-0.4, -0.2) is 60.7 Å². The van der Waals surface area contributed by atoms with Crippen LogP contribution in [0.15, 0.2) is 39.8 Å². The highest BCUT2D eigenvalue weighted by Crippen LogP contribution is 2.48. The highest BCUT2D eigenvalue weighted by Gasteiger charge is 2.46. The van der Waals surface area contributed by atoms with Gasteiger partial charge >= 0.3 is 0 Å². The Balaban J connectivity index is 1.30. The molecule has 1 saturated carbocycles. The summed E-state index contributed by atoms with van der Waals surface area (Å²) in [6.45, 7) is 7.16. The zero-order chi connectivity index (χ0) is 19.6. The van der Waals surface area contributed by atoms with Gasteiger partial charge in [-0.05, 0) is 31.4 Å². The van der Waals surface area contributed by atoms with Crippen molar-refractivity contribution >= 4 is 5.96 Å². The number of piperazine rings is 1. The van der Waals surface area contributed by atoms with Gasteiger partial charge in [-0.1, -0.05) is 23.4 Å². The van der Waals surface area contributed by atoms with Gasteiger partial charge in [0.2, 0.25) is 0 Å². The third-order valence-electron chi connectivity index (χ3n) is 5.83. The Morgan fingerprint density at radius 1 is 1.25 bits per heavy atom. The quantitative estimate of drug-likeness (QED) is 0.633. The zero-order valence-corrected chi connectivity index (χ0v) is 16.6. The van der Waals surface area contributed by atoms with E-state index >= 15 is 0 Å². The molecule has 150 valence electrons. The molecule has 2 fully saturated rings. The Morgan fingerprint density at radius 2 is 2.00 bits per heavy atom. The lowest BCUT2D eigenvalue weighted by atomic mass is 9.95. The monoisotopic (exact) mass is 385 g/mol. The van der Waals surface area contributed by atoms with E-state index in [1.54, 1.807) is 12.1 Å². The summed E-state index contributed by atoms with van der Waals surface area (Å²) in [5, 5.41) is 7.58. The molecule has 1 N–H and O–H groups in total. The number of aromatic nitrogens is 1. The van der Waals surface area contributed by atoms with E-state index in [1.165, 1.54) is 0 Å². The van der Waals surface area contributed by atoms with Crippen molar-refractivity contribution in [2.75, 3.05) is 39.8 Å². The van der Waals surface area contributed by atoms with E-state index in [2.05, 4.69) is 25.3 Å². The predicted octanol–water partition coefficient (Wildman–Crippen LogP) is 2.55. The molecule has 2 heterocycles. The molecular weight excluding hydrogens is 357 g/mol. The van der Waals surface area contributed by atoms with Gasteiger partial charge in [0.1, 0.15) is 11.6 Å². The van der Waals surface area contributed by atoms with Gasteiger partial charge in [0.25, 0.3) is 0 Å². The normalized spacial score (nSPS) is 19.7. The largest absolute Gasteiger partial charge is 0.361 e. The Hall–Kier alpha value is -2.41. The molecule has 6 nitrogen and oxygen atoms in total. The van der Waals surface area contributed by atoms with Crippen LogP contribution in [0.2, 0.25) is 0 Å². The Bertz CT molecular complexity index is 837. The Kier molecular flexibility index (Phi) is 5.35. The van der Waals surface area contributed by atoms with Crippen LogP contribution in [0.25, 0.3) is 0 Å². The average molecular weight is 385 g/mol. The lowest BCUT2D eigenvalue weighted by Crippen LogP contribution is -2.53. The Labute approximate surface area is 165 Å². The molecule has 0 atom stereocenters. The molecule has 1 aromatic carbocycles. The van der Waals surface area contributed by atoms with Crippen LogP contribution in [0.4, 0.5) is 4.39 Å². The van der Waals surface area contributed by atoms with Crippen molar-refractivity contribution in [2.45, 2.75) is 31.7 Å². The van der Waals surface area contributed by atoms with Crippen molar-refractivity contribution in [3.05, 3.63) is 53.2 Å². The van der Waals surface area contributed by atoms with E-state index in [-0.39, 0.29) is 11.2 Å². The van der Waals surface area contributed by atoms with E-state index in [0.717, 1.165) is 75.1 Å². The van der Waals surface area contributed by atoms with E-state index in [0.29, 0.717) is 0 Å². The van der Waals surface area contributed by atoms with Crippen LogP contribution >= 0.6 is 0 Å². The molecule has 0 unspecified atom stereocenters. The SMILES string of the molecule is CN=C(NCC1(c2ccccc2F)CC1)N1CCN(Cc2cc(C)on2)CC1. The number of hydrogen-bond donors (Lipinski definition) is 1. The summed E-state index contributed by atoms with van der Waals surface area (Å²) >= 11 is 0. The fourth-order valence-corrected chi connectivity index (χ4v) is 4.00. The van der Waals surface area contributed by atoms with Gasteiger partial charge in [0.15, 0.2) is 5.96 Å². The highest BCUT2D eigenvalue weighted by atomic mass is 19.1. The minimum absolute atomic E-state index is 0.0894. The summed E-state index contributed by atoms with van der Waals surface area (Å²) in [5.41, 5.74) is 1.72. The number of benzene rings is 1. The summed E-state index contributed by atoms with van der Waals surface area (Å²) in [7, 11) is 1.82. The number of halogens is 1. The Morgan fingerprint density at radius 3 is 2.61 bits per heavy atom. The first-order chi connectivity index (χ1) is 13.6. The molecule has 1 aliphatic heterocycles. The van der Waals surface area contributed by atoms with Crippen molar-refractivity contribution < 1.29 is 8.91 Å². The average Bonchev–Trinajstić information content (AvgIpc) is 3.38.